The molecule has 0 saturated carbocycles. The topological polar surface area (TPSA) is 40.9 Å². The van der Waals surface area contributed by atoms with Crippen molar-refractivity contribution in [2.75, 3.05) is 44.2 Å². The number of hydrogen-bond acceptors (Lipinski definition) is 4. The zero-order valence-electron chi connectivity index (χ0n) is 16.6. The Kier molecular flexibility index (Phi) is 5.21. The zero-order valence-corrected chi connectivity index (χ0v) is 17.4. The number of anilines is 1. The summed E-state index contributed by atoms with van der Waals surface area (Å²) in [6, 6.07) is 19.2. The zero-order chi connectivity index (χ0) is 19.6. The van der Waals surface area contributed by atoms with Gasteiger partial charge in [0.25, 0.3) is 5.91 Å². The molecule has 2 fully saturated rings. The standard InChI is InChI=1S/C23H26N4OS/c28-22(26-15-13-25(14-16-26)18-7-2-1-3-8-18)17-27-12-6-10-20(27)23-24-19-9-4-5-11-21(19)29-23/h1-5,7-9,11,20H,6,10,12-17H2/p+1/t20-/m1/s1. The predicted molar refractivity (Wildman–Crippen MR) is 118 cm³/mol. The SMILES string of the molecule is O=C(C[NH+]1CCC[C@@H]1c1nc2ccccc2s1)N1CCN(c2ccccc2)CC1. The molecular weight excluding hydrogens is 380 g/mol. The first kappa shape index (κ1) is 18.6. The number of nitrogens with one attached hydrogen (secondary N) is 1. The summed E-state index contributed by atoms with van der Waals surface area (Å²) in [5.74, 6) is 0.292. The van der Waals surface area contributed by atoms with Crippen LogP contribution in [0.15, 0.2) is 54.6 Å². The number of quaternary nitrogens is 1. The number of hydrogen-bond donors (Lipinski definition) is 1. The molecule has 5 rings (SSSR count). The first-order chi connectivity index (χ1) is 14.3. The molecule has 2 aliphatic heterocycles. The van der Waals surface area contributed by atoms with E-state index in [1.54, 1.807) is 11.3 Å². The van der Waals surface area contributed by atoms with Crippen LogP contribution in [0.1, 0.15) is 23.9 Å². The Balaban J connectivity index is 1.21. The van der Waals surface area contributed by atoms with Gasteiger partial charge in [-0.25, -0.2) is 4.98 Å². The molecular formula is C23H27N4OS+. The fourth-order valence-electron chi connectivity index (χ4n) is 4.62. The molecule has 150 valence electrons. The van der Waals surface area contributed by atoms with E-state index in [0.29, 0.717) is 18.5 Å². The summed E-state index contributed by atoms with van der Waals surface area (Å²) in [6.45, 7) is 5.10. The number of fused-ring (bicyclic) bond motifs is 1. The summed E-state index contributed by atoms with van der Waals surface area (Å²) in [7, 11) is 0. The average Bonchev–Trinajstić information content (AvgIpc) is 3.41. The molecule has 2 aromatic carbocycles. The summed E-state index contributed by atoms with van der Waals surface area (Å²) < 4.78 is 1.25. The Morgan fingerprint density at radius 2 is 1.79 bits per heavy atom. The van der Waals surface area contributed by atoms with E-state index in [4.69, 9.17) is 4.98 Å². The first-order valence-corrected chi connectivity index (χ1v) is 11.4. The molecule has 0 aliphatic carbocycles. The average molecular weight is 408 g/mol. The van der Waals surface area contributed by atoms with Gasteiger partial charge in [0.05, 0.1) is 16.8 Å². The highest BCUT2D eigenvalue weighted by Crippen LogP contribution is 2.28. The number of piperazine rings is 1. The molecule has 3 aromatic rings. The van der Waals surface area contributed by atoms with Gasteiger partial charge < -0.3 is 14.7 Å². The minimum absolute atomic E-state index is 0.292. The van der Waals surface area contributed by atoms with Crippen molar-refractivity contribution in [3.63, 3.8) is 0 Å². The maximum Gasteiger partial charge on any atom is 0.277 e. The van der Waals surface area contributed by atoms with Crippen molar-refractivity contribution in [2.24, 2.45) is 0 Å². The molecule has 1 aromatic heterocycles. The quantitative estimate of drug-likeness (QED) is 0.722. The highest BCUT2D eigenvalue weighted by molar-refractivity contribution is 7.18. The number of likely N-dealkylation sites (tertiary alicyclic amines) is 1. The highest BCUT2D eigenvalue weighted by Gasteiger charge is 2.35. The van der Waals surface area contributed by atoms with E-state index in [0.717, 1.165) is 44.7 Å². The van der Waals surface area contributed by atoms with E-state index >= 15 is 0 Å². The van der Waals surface area contributed by atoms with Crippen molar-refractivity contribution in [1.29, 1.82) is 0 Å². The van der Waals surface area contributed by atoms with Crippen molar-refractivity contribution in [3.05, 3.63) is 59.6 Å². The molecule has 1 amide bonds. The summed E-state index contributed by atoms with van der Waals surface area (Å²) in [6.07, 6.45) is 2.30. The number of rotatable bonds is 4. The van der Waals surface area contributed by atoms with Gasteiger partial charge >= 0.3 is 0 Å². The van der Waals surface area contributed by atoms with Crippen LogP contribution in [0.4, 0.5) is 5.69 Å². The van der Waals surface area contributed by atoms with Crippen LogP contribution in [0.25, 0.3) is 10.2 Å². The number of amides is 1. The van der Waals surface area contributed by atoms with Gasteiger partial charge in [0.1, 0.15) is 6.04 Å². The van der Waals surface area contributed by atoms with Crippen LogP contribution in [-0.4, -0.2) is 55.1 Å². The van der Waals surface area contributed by atoms with Crippen molar-refractivity contribution >= 4 is 33.1 Å². The summed E-state index contributed by atoms with van der Waals surface area (Å²) in [5.41, 5.74) is 2.34. The lowest BCUT2D eigenvalue weighted by Crippen LogP contribution is -3.11. The van der Waals surface area contributed by atoms with Gasteiger partial charge in [-0.05, 0) is 24.3 Å². The van der Waals surface area contributed by atoms with E-state index < -0.39 is 0 Å². The third-order valence-corrected chi connectivity index (χ3v) is 7.37. The molecule has 29 heavy (non-hydrogen) atoms. The van der Waals surface area contributed by atoms with Crippen LogP contribution in [0.2, 0.25) is 0 Å². The molecule has 2 aliphatic rings. The first-order valence-electron chi connectivity index (χ1n) is 10.6. The monoisotopic (exact) mass is 407 g/mol. The smallest absolute Gasteiger partial charge is 0.277 e. The number of carbonyl (C=O) groups excluding carboxylic acids is 1. The maximum atomic E-state index is 13.0. The van der Waals surface area contributed by atoms with Gasteiger partial charge in [-0.15, -0.1) is 11.3 Å². The van der Waals surface area contributed by atoms with Crippen LogP contribution in [-0.2, 0) is 4.79 Å². The fourth-order valence-corrected chi connectivity index (χ4v) is 5.78. The Hall–Kier alpha value is -2.44. The van der Waals surface area contributed by atoms with Gasteiger partial charge in [-0.2, -0.15) is 0 Å². The van der Waals surface area contributed by atoms with Crippen molar-refractivity contribution in [1.82, 2.24) is 9.88 Å². The molecule has 6 heteroatoms. The van der Waals surface area contributed by atoms with Gasteiger partial charge in [-0.3, -0.25) is 4.79 Å². The third kappa shape index (κ3) is 3.87. The molecule has 5 nitrogen and oxygen atoms in total. The number of carbonyl (C=O) groups is 1. The molecule has 2 saturated heterocycles. The Bertz CT molecular complexity index is 948. The van der Waals surface area contributed by atoms with Crippen LogP contribution < -0.4 is 9.80 Å². The number of benzene rings is 2. The molecule has 0 spiro atoms. The number of nitrogens with zero attached hydrogens (tertiary/aromatic N) is 3. The van der Waals surface area contributed by atoms with E-state index in [1.807, 2.05) is 12.1 Å². The lowest BCUT2D eigenvalue weighted by Gasteiger charge is -2.36. The van der Waals surface area contributed by atoms with Crippen LogP contribution in [0.3, 0.4) is 0 Å². The fraction of sp³-hybridized carbons (Fsp3) is 0.391. The van der Waals surface area contributed by atoms with Gasteiger partial charge in [0, 0.05) is 44.7 Å². The second kappa shape index (κ2) is 8.13. The Labute approximate surface area is 175 Å². The van der Waals surface area contributed by atoms with Gasteiger partial charge in [0.2, 0.25) is 0 Å². The normalized spacial score (nSPS) is 22.3. The molecule has 1 unspecified atom stereocenters. The van der Waals surface area contributed by atoms with Crippen LogP contribution in [0.5, 0.6) is 0 Å². The number of thiazole rings is 1. The molecule has 0 radical (unpaired) electrons. The highest BCUT2D eigenvalue weighted by atomic mass is 32.1. The van der Waals surface area contributed by atoms with E-state index in [9.17, 15) is 4.79 Å². The third-order valence-electron chi connectivity index (χ3n) is 6.22. The summed E-state index contributed by atoms with van der Waals surface area (Å²) >= 11 is 1.80. The van der Waals surface area contributed by atoms with Crippen molar-refractivity contribution in [3.8, 4) is 0 Å². The second-order valence-corrected chi connectivity index (χ2v) is 9.07. The van der Waals surface area contributed by atoms with E-state index in [-0.39, 0.29) is 0 Å². The minimum atomic E-state index is 0.292. The predicted octanol–water partition coefficient (Wildman–Crippen LogP) is 2.36. The second-order valence-electron chi connectivity index (χ2n) is 8.00. The van der Waals surface area contributed by atoms with Crippen LogP contribution >= 0.6 is 11.3 Å². The lowest BCUT2D eigenvalue weighted by atomic mass is 10.2. The number of para-hydroxylation sites is 2. The largest absolute Gasteiger partial charge is 0.368 e. The van der Waals surface area contributed by atoms with Gasteiger partial charge in [-0.1, -0.05) is 30.3 Å². The Morgan fingerprint density at radius 1 is 1.03 bits per heavy atom. The van der Waals surface area contributed by atoms with Gasteiger partial charge in [0.15, 0.2) is 11.6 Å². The van der Waals surface area contributed by atoms with Crippen molar-refractivity contribution < 1.29 is 9.69 Å². The number of aromatic nitrogens is 1. The lowest BCUT2D eigenvalue weighted by molar-refractivity contribution is -0.910. The summed E-state index contributed by atoms with van der Waals surface area (Å²) in [4.78, 5) is 23.7. The van der Waals surface area contributed by atoms with Crippen LogP contribution in [0, 0.1) is 0 Å². The summed E-state index contributed by atoms with van der Waals surface area (Å²) in [5, 5.41) is 1.19. The Morgan fingerprint density at radius 3 is 2.59 bits per heavy atom. The van der Waals surface area contributed by atoms with Crippen molar-refractivity contribution in [2.45, 2.75) is 18.9 Å². The molecule has 0 bridgehead atoms. The minimum Gasteiger partial charge on any atom is -0.368 e. The maximum absolute atomic E-state index is 13.0. The van der Waals surface area contributed by atoms with E-state index in [2.05, 4.69) is 52.3 Å². The van der Waals surface area contributed by atoms with E-state index in [1.165, 1.54) is 26.7 Å². The molecule has 3 heterocycles. The molecule has 2 atom stereocenters. The molecule has 1 N–H and O–H groups in total.